The van der Waals surface area contributed by atoms with Gasteiger partial charge in [-0.3, -0.25) is 0 Å². The maximum Gasteiger partial charge on any atom is 0.241 e. The Bertz CT molecular complexity index is 1090. The fourth-order valence-electron chi connectivity index (χ4n) is 3.40. The predicted octanol–water partition coefficient (Wildman–Crippen LogP) is 4.81. The summed E-state index contributed by atoms with van der Waals surface area (Å²) in [6.07, 6.45) is 5.98. The van der Waals surface area contributed by atoms with Gasteiger partial charge in [0.15, 0.2) is 0 Å². The summed E-state index contributed by atoms with van der Waals surface area (Å²) in [6.45, 7) is 1.94. The molecule has 1 unspecified atom stereocenters. The standard InChI is InChI=1S/C22H21BrN2O2S/c1-15-6-12-19(13-7-15)28(26,27)25-22(16-8-10-18(23)11-9-16)21-14-17-4-2-3-5-20(17)24-21/h2-3,6-14,22,24-25H,4-5H2,1H3. The zero-order valence-electron chi connectivity index (χ0n) is 15.4. The Kier molecular flexibility index (Phi) is 5.27. The van der Waals surface area contributed by atoms with Crippen molar-refractivity contribution in [2.75, 3.05) is 0 Å². The third kappa shape index (κ3) is 3.99. The second-order valence-electron chi connectivity index (χ2n) is 7.03. The van der Waals surface area contributed by atoms with Gasteiger partial charge in [-0.15, -0.1) is 0 Å². The smallest absolute Gasteiger partial charge is 0.241 e. The van der Waals surface area contributed by atoms with E-state index >= 15 is 0 Å². The number of allylic oxidation sites excluding steroid dienone is 2. The van der Waals surface area contributed by atoms with E-state index in [2.05, 4.69) is 43.9 Å². The van der Waals surface area contributed by atoms with Crippen LogP contribution in [0.15, 0.2) is 76.1 Å². The second-order valence-corrected chi connectivity index (χ2v) is 9.66. The predicted molar refractivity (Wildman–Crippen MR) is 115 cm³/mol. The number of fused-ring (bicyclic) bond motifs is 1. The van der Waals surface area contributed by atoms with Gasteiger partial charge >= 0.3 is 0 Å². The molecule has 0 aliphatic heterocycles. The zero-order chi connectivity index (χ0) is 19.7. The van der Waals surface area contributed by atoms with Crippen molar-refractivity contribution >= 4 is 26.0 Å². The van der Waals surface area contributed by atoms with Crippen molar-refractivity contribution in [3.63, 3.8) is 0 Å². The normalized spacial score (nSPS) is 14.6. The van der Waals surface area contributed by atoms with E-state index in [1.807, 2.05) is 43.3 Å². The number of sulfonamides is 1. The molecule has 2 aromatic carbocycles. The van der Waals surface area contributed by atoms with Gasteiger partial charge in [-0.2, -0.15) is 4.72 Å². The largest absolute Gasteiger partial charge is 0.360 e. The summed E-state index contributed by atoms with van der Waals surface area (Å²) >= 11 is 3.45. The van der Waals surface area contributed by atoms with Crippen LogP contribution in [0.4, 0.5) is 0 Å². The molecule has 0 saturated heterocycles. The third-order valence-electron chi connectivity index (χ3n) is 4.96. The van der Waals surface area contributed by atoms with Gasteiger partial charge in [0, 0.05) is 22.3 Å². The molecule has 3 aromatic rings. The van der Waals surface area contributed by atoms with Gasteiger partial charge in [0.05, 0.1) is 10.9 Å². The SMILES string of the molecule is Cc1ccc(S(=O)(=O)NC(c2ccc(Br)cc2)c2cc3c([nH]2)CC=CC3)cc1. The van der Waals surface area contributed by atoms with E-state index in [1.54, 1.807) is 12.1 Å². The lowest BCUT2D eigenvalue weighted by Crippen LogP contribution is -2.29. The van der Waals surface area contributed by atoms with Crippen molar-refractivity contribution in [3.8, 4) is 0 Å². The topological polar surface area (TPSA) is 62.0 Å². The first kappa shape index (κ1) is 19.2. The highest BCUT2D eigenvalue weighted by molar-refractivity contribution is 9.10. The van der Waals surface area contributed by atoms with Crippen molar-refractivity contribution in [2.24, 2.45) is 0 Å². The molecule has 1 aliphatic rings. The molecule has 144 valence electrons. The van der Waals surface area contributed by atoms with Crippen LogP contribution in [0.1, 0.15) is 34.1 Å². The molecular formula is C22H21BrN2O2S. The third-order valence-corrected chi connectivity index (χ3v) is 6.93. The number of aromatic amines is 1. The highest BCUT2D eigenvalue weighted by Crippen LogP contribution is 2.29. The Hall–Kier alpha value is -2.15. The number of benzene rings is 2. The molecule has 6 heteroatoms. The van der Waals surface area contributed by atoms with E-state index in [-0.39, 0.29) is 4.90 Å². The number of halogens is 1. The van der Waals surface area contributed by atoms with Crippen LogP contribution >= 0.6 is 15.9 Å². The quantitative estimate of drug-likeness (QED) is 0.541. The van der Waals surface area contributed by atoms with Crippen LogP contribution in [0, 0.1) is 6.92 Å². The molecule has 1 aromatic heterocycles. The monoisotopic (exact) mass is 456 g/mol. The van der Waals surface area contributed by atoms with Crippen LogP contribution in [0.2, 0.25) is 0 Å². The fraction of sp³-hybridized carbons (Fsp3) is 0.182. The fourth-order valence-corrected chi connectivity index (χ4v) is 4.87. The first-order chi connectivity index (χ1) is 13.4. The summed E-state index contributed by atoms with van der Waals surface area (Å²) < 4.78 is 30.0. The van der Waals surface area contributed by atoms with Crippen LogP contribution in [-0.4, -0.2) is 13.4 Å². The van der Waals surface area contributed by atoms with Crippen LogP contribution in [-0.2, 0) is 22.9 Å². The molecule has 0 spiro atoms. The first-order valence-electron chi connectivity index (χ1n) is 9.12. The van der Waals surface area contributed by atoms with Crippen molar-refractivity contribution in [2.45, 2.75) is 30.7 Å². The molecule has 0 saturated carbocycles. The van der Waals surface area contributed by atoms with E-state index in [1.165, 1.54) is 5.56 Å². The van der Waals surface area contributed by atoms with E-state index in [0.717, 1.165) is 39.8 Å². The Morgan fingerprint density at radius 2 is 1.68 bits per heavy atom. The van der Waals surface area contributed by atoms with E-state index in [0.29, 0.717) is 0 Å². The first-order valence-corrected chi connectivity index (χ1v) is 11.4. The summed E-state index contributed by atoms with van der Waals surface area (Å²) in [4.78, 5) is 3.70. The van der Waals surface area contributed by atoms with Gasteiger partial charge in [-0.1, -0.05) is 57.9 Å². The average molecular weight is 457 g/mol. The minimum Gasteiger partial charge on any atom is -0.360 e. The Morgan fingerprint density at radius 3 is 2.36 bits per heavy atom. The summed E-state index contributed by atoms with van der Waals surface area (Å²) in [5.41, 5.74) is 5.12. The number of nitrogens with one attached hydrogen (secondary N) is 2. The van der Waals surface area contributed by atoms with Gasteiger partial charge in [-0.25, -0.2) is 8.42 Å². The lowest BCUT2D eigenvalue weighted by atomic mass is 10.0. The minimum atomic E-state index is -3.68. The van der Waals surface area contributed by atoms with Gasteiger partial charge in [0.2, 0.25) is 10.0 Å². The second kappa shape index (κ2) is 7.70. The number of rotatable bonds is 5. The van der Waals surface area contributed by atoms with Crippen molar-refractivity contribution in [1.82, 2.24) is 9.71 Å². The maximum absolute atomic E-state index is 13.1. The highest BCUT2D eigenvalue weighted by atomic mass is 79.9. The van der Waals surface area contributed by atoms with Crippen molar-refractivity contribution in [1.29, 1.82) is 0 Å². The maximum atomic E-state index is 13.1. The molecule has 0 radical (unpaired) electrons. The summed E-state index contributed by atoms with van der Waals surface area (Å²) in [5, 5.41) is 0. The van der Waals surface area contributed by atoms with Gasteiger partial charge in [0.25, 0.3) is 0 Å². The van der Waals surface area contributed by atoms with Crippen molar-refractivity contribution in [3.05, 3.63) is 99.3 Å². The number of hydrogen-bond donors (Lipinski definition) is 2. The van der Waals surface area contributed by atoms with Gasteiger partial charge < -0.3 is 4.98 Å². The lowest BCUT2D eigenvalue weighted by Gasteiger charge is -2.19. The number of aromatic nitrogens is 1. The van der Waals surface area contributed by atoms with E-state index in [4.69, 9.17) is 0 Å². The Labute approximate surface area is 173 Å². The molecule has 2 N–H and O–H groups in total. The Morgan fingerprint density at radius 1 is 1.00 bits per heavy atom. The van der Waals surface area contributed by atoms with Gasteiger partial charge in [-0.05, 0) is 54.8 Å². The zero-order valence-corrected chi connectivity index (χ0v) is 17.8. The van der Waals surface area contributed by atoms with Gasteiger partial charge in [0.1, 0.15) is 0 Å². The van der Waals surface area contributed by atoms with Crippen LogP contribution < -0.4 is 4.72 Å². The van der Waals surface area contributed by atoms with Crippen LogP contribution in [0.3, 0.4) is 0 Å². The highest BCUT2D eigenvalue weighted by Gasteiger charge is 2.25. The number of aryl methyl sites for hydroxylation is 1. The number of hydrogen-bond acceptors (Lipinski definition) is 2. The molecule has 0 amide bonds. The lowest BCUT2D eigenvalue weighted by molar-refractivity contribution is 0.570. The minimum absolute atomic E-state index is 0.262. The van der Waals surface area contributed by atoms with Crippen LogP contribution in [0.25, 0.3) is 0 Å². The van der Waals surface area contributed by atoms with Crippen LogP contribution in [0.5, 0.6) is 0 Å². The Balaban J connectivity index is 1.74. The molecule has 1 aliphatic carbocycles. The molecule has 4 nitrogen and oxygen atoms in total. The summed E-state index contributed by atoms with van der Waals surface area (Å²) in [5.74, 6) is 0. The molecule has 0 bridgehead atoms. The molecule has 4 rings (SSSR count). The average Bonchev–Trinajstić information content (AvgIpc) is 3.11. The molecule has 28 heavy (non-hydrogen) atoms. The molecular weight excluding hydrogens is 436 g/mol. The van der Waals surface area contributed by atoms with E-state index < -0.39 is 16.1 Å². The van der Waals surface area contributed by atoms with Crippen molar-refractivity contribution < 1.29 is 8.42 Å². The molecule has 1 heterocycles. The summed E-state index contributed by atoms with van der Waals surface area (Å²) in [7, 11) is -3.68. The molecule has 1 atom stereocenters. The number of H-pyrrole nitrogens is 1. The summed E-state index contributed by atoms with van der Waals surface area (Å²) in [6, 6.07) is 16.2. The van der Waals surface area contributed by atoms with E-state index in [9.17, 15) is 8.42 Å². The molecule has 0 fully saturated rings.